The number of nitrogens with zero attached hydrogens (tertiary/aromatic N) is 1. The Morgan fingerprint density at radius 1 is 1.45 bits per heavy atom. The molecule has 20 heavy (non-hydrogen) atoms. The van der Waals surface area contributed by atoms with Gasteiger partial charge < -0.3 is 25.2 Å². The number of carbonyl (C=O) groups is 2. The van der Waals surface area contributed by atoms with Gasteiger partial charge >= 0.3 is 5.97 Å². The van der Waals surface area contributed by atoms with E-state index in [-0.39, 0.29) is 30.4 Å². The molecule has 0 aromatic heterocycles. The number of hydrogen-bond acceptors (Lipinski definition) is 5. The molecular weight excluding hydrogens is 264 g/mol. The van der Waals surface area contributed by atoms with Crippen molar-refractivity contribution in [3.63, 3.8) is 0 Å². The Hall–Kier alpha value is -2.12. The maximum atomic E-state index is 12.1. The SMILES string of the molecule is NCCOCC(=O)N1CCOc2c(C(=O)O)cccc21. The van der Waals surface area contributed by atoms with Gasteiger partial charge in [-0.1, -0.05) is 6.07 Å². The molecule has 0 radical (unpaired) electrons. The van der Waals surface area contributed by atoms with E-state index in [1.165, 1.54) is 11.0 Å². The number of ether oxygens (including phenoxy) is 2. The summed E-state index contributed by atoms with van der Waals surface area (Å²) in [7, 11) is 0. The summed E-state index contributed by atoms with van der Waals surface area (Å²) in [5, 5.41) is 9.12. The van der Waals surface area contributed by atoms with Crippen LogP contribution in [0.25, 0.3) is 0 Å². The second kappa shape index (κ2) is 6.36. The maximum absolute atomic E-state index is 12.1. The van der Waals surface area contributed by atoms with Crippen molar-refractivity contribution in [2.45, 2.75) is 0 Å². The lowest BCUT2D eigenvalue weighted by atomic mass is 10.1. The van der Waals surface area contributed by atoms with E-state index >= 15 is 0 Å². The van der Waals surface area contributed by atoms with Crippen molar-refractivity contribution in [3.05, 3.63) is 23.8 Å². The van der Waals surface area contributed by atoms with Gasteiger partial charge in [-0.2, -0.15) is 0 Å². The van der Waals surface area contributed by atoms with Crippen LogP contribution in [0.3, 0.4) is 0 Å². The van der Waals surface area contributed by atoms with Crippen molar-refractivity contribution in [1.29, 1.82) is 0 Å². The van der Waals surface area contributed by atoms with Crippen molar-refractivity contribution in [3.8, 4) is 5.75 Å². The Kier molecular flexibility index (Phi) is 4.54. The Morgan fingerprint density at radius 3 is 2.95 bits per heavy atom. The molecule has 2 rings (SSSR count). The van der Waals surface area contributed by atoms with E-state index in [9.17, 15) is 9.59 Å². The van der Waals surface area contributed by atoms with Crippen LogP contribution in [0.4, 0.5) is 5.69 Å². The number of fused-ring (bicyclic) bond motifs is 1. The fourth-order valence-corrected chi connectivity index (χ4v) is 2.00. The van der Waals surface area contributed by atoms with Gasteiger partial charge in [0.25, 0.3) is 5.91 Å². The summed E-state index contributed by atoms with van der Waals surface area (Å²) in [5.41, 5.74) is 5.79. The largest absolute Gasteiger partial charge is 0.489 e. The first-order valence-electron chi connectivity index (χ1n) is 6.22. The standard InChI is InChI=1S/C13H16N2O5/c14-4-6-19-8-11(16)15-5-7-20-12-9(13(17)18)2-1-3-10(12)15/h1-3H,4-8,14H2,(H,17,18). The van der Waals surface area contributed by atoms with E-state index in [1.807, 2.05) is 0 Å². The zero-order valence-electron chi connectivity index (χ0n) is 10.9. The molecular formula is C13H16N2O5. The van der Waals surface area contributed by atoms with Crippen LogP contribution in [-0.4, -0.2) is 49.9 Å². The number of carboxylic acid groups (broad SMARTS) is 1. The molecule has 1 amide bonds. The highest BCUT2D eigenvalue weighted by Gasteiger charge is 2.27. The second-order valence-corrected chi connectivity index (χ2v) is 4.19. The summed E-state index contributed by atoms with van der Waals surface area (Å²) in [6.45, 7) is 1.17. The van der Waals surface area contributed by atoms with Crippen molar-refractivity contribution in [1.82, 2.24) is 0 Å². The normalized spacial score (nSPS) is 13.6. The molecule has 0 saturated carbocycles. The minimum atomic E-state index is -1.09. The van der Waals surface area contributed by atoms with Gasteiger partial charge in [-0.15, -0.1) is 0 Å². The molecule has 0 saturated heterocycles. The molecule has 0 bridgehead atoms. The van der Waals surface area contributed by atoms with Crippen molar-refractivity contribution in [2.75, 3.05) is 37.8 Å². The average molecular weight is 280 g/mol. The molecule has 1 aromatic rings. The zero-order valence-corrected chi connectivity index (χ0v) is 10.9. The predicted molar refractivity (Wildman–Crippen MR) is 71.1 cm³/mol. The van der Waals surface area contributed by atoms with Crippen LogP contribution in [0.5, 0.6) is 5.75 Å². The number of rotatable bonds is 5. The smallest absolute Gasteiger partial charge is 0.339 e. The summed E-state index contributed by atoms with van der Waals surface area (Å²) in [6, 6.07) is 4.68. The Bertz CT molecular complexity index is 517. The van der Waals surface area contributed by atoms with Gasteiger partial charge in [-0.05, 0) is 12.1 Å². The zero-order chi connectivity index (χ0) is 14.5. The first kappa shape index (κ1) is 14.3. The van der Waals surface area contributed by atoms with Crippen LogP contribution in [0.15, 0.2) is 18.2 Å². The van der Waals surface area contributed by atoms with Gasteiger partial charge in [0.1, 0.15) is 18.8 Å². The molecule has 1 aliphatic rings. The highest BCUT2D eigenvalue weighted by atomic mass is 16.5. The predicted octanol–water partition coefficient (Wildman–Crippen LogP) is 0.0855. The summed E-state index contributed by atoms with van der Waals surface area (Å²) in [4.78, 5) is 24.7. The quantitative estimate of drug-likeness (QED) is 0.741. The molecule has 0 unspecified atom stereocenters. The van der Waals surface area contributed by atoms with Gasteiger partial charge in [-0.25, -0.2) is 4.79 Å². The summed E-state index contributed by atoms with van der Waals surface area (Å²) in [6.07, 6.45) is 0. The molecule has 0 aliphatic carbocycles. The van der Waals surface area contributed by atoms with Crippen molar-refractivity contribution >= 4 is 17.6 Å². The van der Waals surface area contributed by atoms with Crippen LogP contribution in [0.1, 0.15) is 10.4 Å². The van der Waals surface area contributed by atoms with E-state index in [2.05, 4.69) is 0 Å². The summed E-state index contributed by atoms with van der Waals surface area (Å²) >= 11 is 0. The first-order chi connectivity index (χ1) is 9.65. The fraction of sp³-hybridized carbons (Fsp3) is 0.385. The minimum absolute atomic E-state index is 0.0443. The van der Waals surface area contributed by atoms with Gasteiger partial charge in [0.05, 0.1) is 18.8 Å². The van der Waals surface area contributed by atoms with Crippen LogP contribution in [-0.2, 0) is 9.53 Å². The van der Waals surface area contributed by atoms with E-state index in [4.69, 9.17) is 20.3 Å². The third kappa shape index (κ3) is 2.89. The molecule has 0 spiro atoms. The van der Waals surface area contributed by atoms with Gasteiger partial charge in [0.15, 0.2) is 5.75 Å². The van der Waals surface area contributed by atoms with E-state index in [0.717, 1.165) is 0 Å². The maximum Gasteiger partial charge on any atom is 0.339 e. The number of para-hydroxylation sites is 1. The second-order valence-electron chi connectivity index (χ2n) is 4.19. The lowest BCUT2D eigenvalue weighted by Gasteiger charge is -2.30. The monoisotopic (exact) mass is 280 g/mol. The molecule has 0 atom stereocenters. The van der Waals surface area contributed by atoms with E-state index in [0.29, 0.717) is 25.4 Å². The van der Waals surface area contributed by atoms with Gasteiger partial charge in [0.2, 0.25) is 0 Å². The number of anilines is 1. The summed E-state index contributed by atoms with van der Waals surface area (Å²) < 4.78 is 10.5. The van der Waals surface area contributed by atoms with E-state index in [1.54, 1.807) is 12.1 Å². The third-order valence-electron chi connectivity index (χ3n) is 2.87. The number of carboxylic acids is 1. The van der Waals surface area contributed by atoms with Crippen molar-refractivity contribution in [2.24, 2.45) is 5.73 Å². The minimum Gasteiger partial charge on any atom is -0.489 e. The third-order valence-corrected chi connectivity index (χ3v) is 2.87. The Morgan fingerprint density at radius 2 is 2.25 bits per heavy atom. The summed E-state index contributed by atoms with van der Waals surface area (Å²) in [5.74, 6) is -1.11. The molecule has 1 aliphatic heterocycles. The van der Waals surface area contributed by atoms with Crippen molar-refractivity contribution < 1.29 is 24.2 Å². The molecule has 7 heteroatoms. The molecule has 108 valence electrons. The molecule has 7 nitrogen and oxygen atoms in total. The number of nitrogens with two attached hydrogens (primary N) is 1. The lowest BCUT2D eigenvalue weighted by molar-refractivity contribution is -0.123. The van der Waals surface area contributed by atoms with Crippen LogP contribution >= 0.6 is 0 Å². The topological polar surface area (TPSA) is 102 Å². The molecule has 1 aromatic carbocycles. The molecule has 3 N–H and O–H groups in total. The fourth-order valence-electron chi connectivity index (χ4n) is 2.00. The van der Waals surface area contributed by atoms with Crippen LogP contribution in [0, 0.1) is 0 Å². The lowest BCUT2D eigenvalue weighted by Crippen LogP contribution is -2.40. The number of carbonyl (C=O) groups excluding carboxylic acids is 1. The number of benzene rings is 1. The van der Waals surface area contributed by atoms with Gasteiger partial charge in [0, 0.05) is 6.54 Å². The van der Waals surface area contributed by atoms with Crippen LogP contribution < -0.4 is 15.4 Å². The Labute approximate surface area is 115 Å². The number of aromatic carboxylic acids is 1. The Balaban J connectivity index is 2.22. The highest BCUT2D eigenvalue weighted by molar-refractivity contribution is 6.00. The molecule has 1 heterocycles. The molecule has 0 fully saturated rings. The number of hydrogen-bond donors (Lipinski definition) is 2. The van der Waals surface area contributed by atoms with E-state index < -0.39 is 5.97 Å². The van der Waals surface area contributed by atoms with Gasteiger partial charge in [-0.3, -0.25) is 4.79 Å². The van der Waals surface area contributed by atoms with Crippen LogP contribution in [0.2, 0.25) is 0 Å². The average Bonchev–Trinajstić information content (AvgIpc) is 2.46. The first-order valence-corrected chi connectivity index (χ1v) is 6.22. The highest BCUT2D eigenvalue weighted by Crippen LogP contribution is 2.34. The number of amides is 1.